The third kappa shape index (κ3) is 2.70. The minimum Gasteiger partial charge on any atom is -0.241 e. The van der Waals surface area contributed by atoms with Crippen LogP contribution in [-0.4, -0.2) is 4.98 Å². The first kappa shape index (κ1) is 14.2. The molecular formula is C14H12BrFN2S. The van der Waals surface area contributed by atoms with E-state index in [1.165, 1.54) is 17.4 Å². The number of rotatable bonds is 2. The second-order valence-corrected chi connectivity index (χ2v) is 6.71. The van der Waals surface area contributed by atoms with Crippen molar-refractivity contribution >= 4 is 27.3 Å². The van der Waals surface area contributed by atoms with Gasteiger partial charge in [0, 0.05) is 14.9 Å². The average Bonchev–Trinajstić information content (AvgIpc) is 2.75. The third-order valence-corrected chi connectivity index (χ3v) is 4.81. The number of aromatic nitrogens is 1. The summed E-state index contributed by atoms with van der Waals surface area (Å²) in [7, 11) is 0. The molecule has 0 aliphatic heterocycles. The lowest BCUT2D eigenvalue weighted by atomic mass is 9.93. The van der Waals surface area contributed by atoms with Crippen molar-refractivity contribution in [3.05, 3.63) is 39.1 Å². The topological polar surface area (TPSA) is 36.7 Å². The van der Waals surface area contributed by atoms with Crippen LogP contribution in [0.2, 0.25) is 0 Å². The summed E-state index contributed by atoms with van der Waals surface area (Å²) in [5, 5.41) is 9.80. The van der Waals surface area contributed by atoms with Crippen LogP contribution in [0.4, 0.5) is 4.39 Å². The molecule has 0 N–H and O–H groups in total. The monoisotopic (exact) mass is 338 g/mol. The number of benzene rings is 1. The van der Waals surface area contributed by atoms with Gasteiger partial charge in [0.2, 0.25) is 0 Å². The van der Waals surface area contributed by atoms with Crippen molar-refractivity contribution in [1.29, 1.82) is 5.26 Å². The van der Waals surface area contributed by atoms with Gasteiger partial charge in [-0.2, -0.15) is 5.26 Å². The molecule has 0 saturated heterocycles. The fourth-order valence-electron chi connectivity index (χ4n) is 1.80. The van der Waals surface area contributed by atoms with Crippen LogP contribution in [0.15, 0.2) is 22.7 Å². The molecule has 0 fully saturated rings. The summed E-state index contributed by atoms with van der Waals surface area (Å²) in [5.41, 5.74) is 0.635. The van der Waals surface area contributed by atoms with Gasteiger partial charge in [-0.05, 0) is 39.0 Å². The van der Waals surface area contributed by atoms with E-state index in [9.17, 15) is 9.65 Å². The molecule has 0 spiro atoms. The minimum absolute atomic E-state index is 0.307. The van der Waals surface area contributed by atoms with Crippen LogP contribution in [0.25, 0.3) is 10.6 Å². The van der Waals surface area contributed by atoms with Crippen LogP contribution in [0.5, 0.6) is 0 Å². The summed E-state index contributed by atoms with van der Waals surface area (Å²) in [5.74, 6) is -0.307. The van der Waals surface area contributed by atoms with Gasteiger partial charge in [0.1, 0.15) is 10.8 Å². The van der Waals surface area contributed by atoms with Crippen molar-refractivity contribution in [3.8, 4) is 16.6 Å². The van der Waals surface area contributed by atoms with Gasteiger partial charge in [0.25, 0.3) is 0 Å². The number of thiazole rings is 1. The van der Waals surface area contributed by atoms with E-state index in [1.807, 2.05) is 20.8 Å². The molecule has 0 unspecified atom stereocenters. The first-order chi connectivity index (χ1) is 8.85. The van der Waals surface area contributed by atoms with Gasteiger partial charge in [0.05, 0.1) is 17.2 Å². The van der Waals surface area contributed by atoms with E-state index in [0.717, 1.165) is 15.0 Å². The molecular weight excluding hydrogens is 327 g/mol. The Balaban J connectivity index is 2.58. The molecule has 0 aliphatic rings. The molecule has 0 saturated carbocycles. The minimum atomic E-state index is -0.609. The van der Waals surface area contributed by atoms with Crippen LogP contribution in [0, 0.1) is 24.1 Å². The van der Waals surface area contributed by atoms with E-state index in [2.05, 4.69) is 27.0 Å². The van der Waals surface area contributed by atoms with Crippen LogP contribution in [0.3, 0.4) is 0 Å². The fraction of sp³-hybridized carbons (Fsp3) is 0.286. The molecule has 0 bridgehead atoms. The third-order valence-electron chi connectivity index (χ3n) is 2.80. The highest BCUT2D eigenvalue weighted by Gasteiger charge is 2.26. The molecule has 0 radical (unpaired) electrons. The molecule has 98 valence electrons. The van der Waals surface area contributed by atoms with E-state index >= 15 is 0 Å². The lowest BCUT2D eigenvalue weighted by Gasteiger charge is -2.12. The largest absolute Gasteiger partial charge is 0.241 e. The summed E-state index contributed by atoms with van der Waals surface area (Å²) in [4.78, 5) is 5.28. The van der Waals surface area contributed by atoms with E-state index in [4.69, 9.17) is 0 Å². The Morgan fingerprint density at radius 1 is 1.42 bits per heavy atom. The number of hydrogen-bond acceptors (Lipinski definition) is 3. The molecule has 0 aliphatic carbocycles. The Kier molecular flexibility index (Phi) is 3.75. The molecule has 19 heavy (non-hydrogen) atoms. The zero-order valence-corrected chi connectivity index (χ0v) is 13.2. The smallest absolute Gasteiger partial charge is 0.133 e. The molecule has 0 amide bonds. The maximum absolute atomic E-state index is 13.9. The Labute approximate surface area is 124 Å². The summed E-state index contributed by atoms with van der Waals surface area (Å²) in [6, 6.07) is 7.02. The predicted molar refractivity (Wildman–Crippen MR) is 78.6 cm³/mol. The maximum atomic E-state index is 13.9. The number of nitriles is 1. The zero-order valence-electron chi connectivity index (χ0n) is 10.8. The quantitative estimate of drug-likeness (QED) is 0.786. The fourth-order valence-corrected chi connectivity index (χ4v) is 3.30. The van der Waals surface area contributed by atoms with Crippen molar-refractivity contribution in [1.82, 2.24) is 4.98 Å². The van der Waals surface area contributed by atoms with E-state index in [-0.39, 0.29) is 5.82 Å². The van der Waals surface area contributed by atoms with Gasteiger partial charge < -0.3 is 0 Å². The van der Waals surface area contributed by atoms with Crippen LogP contribution < -0.4 is 0 Å². The number of nitrogens with zero attached hydrogens (tertiary/aromatic N) is 2. The SMILES string of the molecule is Cc1nc(-c2cc(Br)ccc2F)sc1C(C)(C)C#N. The Hall–Kier alpha value is -1.25. The van der Waals surface area contributed by atoms with Crippen molar-refractivity contribution in [2.24, 2.45) is 0 Å². The van der Waals surface area contributed by atoms with E-state index < -0.39 is 5.41 Å². The van der Waals surface area contributed by atoms with Crippen molar-refractivity contribution in [2.75, 3.05) is 0 Å². The number of hydrogen-bond donors (Lipinski definition) is 0. The molecule has 1 heterocycles. The van der Waals surface area contributed by atoms with Crippen LogP contribution in [-0.2, 0) is 5.41 Å². The number of halogens is 2. The van der Waals surface area contributed by atoms with E-state index in [0.29, 0.717) is 10.6 Å². The Morgan fingerprint density at radius 2 is 2.11 bits per heavy atom. The first-order valence-electron chi connectivity index (χ1n) is 5.70. The lowest BCUT2D eigenvalue weighted by Crippen LogP contribution is -2.13. The standard InChI is InChI=1S/C14H12BrFN2S/c1-8-12(14(2,3)7-17)19-13(18-8)10-6-9(15)4-5-11(10)16/h4-6H,1-3H3. The second kappa shape index (κ2) is 5.03. The molecule has 1 aromatic heterocycles. The van der Waals surface area contributed by atoms with Gasteiger partial charge in [-0.1, -0.05) is 15.9 Å². The van der Waals surface area contributed by atoms with E-state index in [1.54, 1.807) is 12.1 Å². The summed E-state index contributed by atoms with van der Waals surface area (Å²) in [6.07, 6.45) is 0. The molecule has 0 atom stereocenters. The van der Waals surface area contributed by atoms with Crippen molar-refractivity contribution < 1.29 is 4.39 Å². The molecule has 1 aromatic carbocycles. The summed E-state index contributed by atoms with van der Waals surface area (Å²) < 4.78 is 14.7. The van der Waals surface area contributed by atoms with Crippen LogP contribution in [0.1, 0.15) is 24.4 Å². The van der Waals surface area contributed by atoms with Gasteiger partial charge in [0.15, 0.2) is 0 Å². The highest BCUT2D eigenvalue weighted by molar-refractivity contribution is 9.10. The molecule has 2 aromatic rings. The van der Waals surface area contributed by atoms with Crippen molar-refractivity contribution in [2.45, 2.75) is 26.2 Å². The average molecular weight is 339 g/mol. The van der Waals surface area contributed by atoms with Gasteiger partial charge in [-0.15, -0.1) is 11.3 Å². The lowest BCUT2D eigenvalue weighted by molar-refractivity contribution is 0.631. The predicted octanol–water partition coefficient (Wildman–Crippen LogP) is 4.82. The maximum Gasteiger partial charge on any atom is 0.133 e. The van der Waals surface area contributed by atoms with Crippen LogP contribution >= 0.6 is 27.3 Å². The Bertz CT molecular complexity index is 671. The van der Waals surface area contributed by atoms with Gasteiger partial charge in [-0.25, -0.2) is 9.37 Å². The van der Waals surface area contributed by atoms with Crippen molar-refractivity contribution in [3.63, 3.8) is 0 Å². The second-order valence-electron chi connectivity index (χ2n) is 4.79. The number of aryl methyl sites for hydroxylation is 1. The zero-order chi connectivity index (χ0) is 14.2. The highest BCUT2D eigenvalue weighted by atomic mass is 79.9. The highest BCUT2D eigenvalue weighted by Crippen LogP contribution is 2.37. The van der Waals surface area contributed by atoms with Gasteiger partial charge >= 0.3 is 0 Å². The Morgan fingerprint density at radius 3 is 2.74 bits per heavy atom. The summed E-state index contributed by atoms with van der Waals surface area (Å²) in [6.45, 7) is 5.54. The molecule has 5 heteroatoms. The molecule has 2 rings (SSSR count). The molecule has 2 nitrogen and oxygen atoms in total. The first-order valence-corrected chi connectivity index (χ1v) is 7.30. The normalized spacial score (nSPS) is 11.4. The summed E-state index contributed by atoms with van der Waals surface area (Å²) >= 11 is 4.70. The van der Waals surface area contributed by atoms with Gasteiger partial charge in [-0.3, -0.25) is 0 Å².